The van der Waals surface area contributed by atoms with E-state index in [2.05, 4.69) is 20.8 Å². The maximum atomic E-state index is 10.8. The molecular weight excluding hydrogens is 192 g/mol. The first-order valence-corrected chi connectivity index (χ1v) is 5.70. The van der Waals surface area contributed by atoms with Crippen LogP contribution in [0.5, 0.6) is 0 Å². The van der Waals surface area contributed by atoms with E-state index >= 15 is 0 Å². The van der Waals surface area contributed by atoms with Crippen LogP contribution in [0.3, 0.4) is 0 Å². The van der Waals surface area contributed by atoms with Crippen LogP contribution in [-0.4, -0.2) is 22.3 Å². The smallest absolute Gasteiger partial charge is 0.303 e. The van der Waals surface area contributed by atoms with E-state index in [1.165, 1.54) is 0 Å². The van der Waals surface area contributed by atoms with Gasteiger partial charge in [0.1, 0.15) is 0 Å². The molecule has 86 valence electrons. The van der Waals surface area contributed by atoms with Gasteiger partial charge < -0.3 is 10.2 Å². The average Bonchev–Trinajstić information content (AvgIpc) is 2.40. The van der Waals surface area contributed by atoms with Gasteiger partial charge in [-0.2, -0.15) is 0 Å². The molecule has 0 aromatic heterocycles. The Balaban J connectivity index is 2.29. The number of aliphatic hydroxyl groups is 1. The molecule has 0 aromatic rings. The Kier molecular flexibility index (Phi) is 2.16. The van der Waals surface area contributed by atoms with Crippen molar-refractivity contribution in [1.29, 1.82) is 0 Å². The second kappa shape index (κ2) is 2.97. The fourth-order valence-corrected chi connectivity index (χ4v) is 3.99. The highest BCUT2D eigenvalue weighted by Crippen LogP contribution is 2.68. The monoisotopic (exact) mass is 212 g/mol. The van der Waals surface area contributed by atoms with Gasteiger partial charge in [0, 0.05) is 0 Å². The molecule has 0 radical (unpaired) electrons. The number of carbonyl (C=O) groups is 1. The van der Waals surface area contributed by atoms with Crippen LogP contribution in [0.15, 0.2) is 0 Å². The molecular formula is C12H20O3. The molecule has 3 nitrogen and oxygen atoms in total. The van der Waals surface area contributed by atoms with Gasteiger partial charge in [-0.25, -0.2) is 0 Å². The second-order valence-electron chi connectivity index (χ2n) is 5.99. The van der Waals surface area contributed by atoms with Crippen molar-refractivity contribution in [3.63, 3.8) is 0 Å². The number of carboxylic acids is 1. The summed E-state index contributed by atoms with van der Waals surface area (Å²) in [5.74, 6) is -0.462. The van der Waals surface area contributed by atoms with E-state index in [1.54, 1.807) is 0 Å². The van der Waals surface area contributed by atoms with Crippen LogP contribution in [0.4, 0.5) is 0 Å². The maximum absolute atomic E-state index is 10.8. The highest BCUT2D eigenvalue weighted by molar-refractivity contribution is 5.67. The minimum absolute atomic E-state index is 0.0451. The van der Waals surface area contributed by atoms with E-state index in [9.17, 15) is 9.90 Å². The predicted octanol–water partition coefficient (Wildman–Crippen LogP) is 1.89. The first-order valence-electron chi connectivity index (χ1n) is 5.70. The summed E-state index contributed by atoms with van der Waals surface area (Å²) in [4.78, 5) is 10.8. The standard InChI is InChI=1S/C12H20O3/c1-11(2)8-4-5-12(11,3)10(15)7(8)6-9(13)14/h7-8,10,15H,4-6H2,1-3H3,(H,13,14)/t7-,8+,10-,12-/m1/s1. The van der Waals surface area contributed by atoms with Crippen molar-refractivity contribution in [1.82, 2.24) is 0 Å². The van der Waals surface area contributed by atoms with Gasteiger partial charge in [-0.15, -0.1) is 0 Å². The van der Waals surface area contributed by atoms with Crippen LogP contribution in [0.2, 0.25) is 0 Å². The van der Waals surface area contributed by atoms with Crippen LogP contribution in [-0.2, 0) is 4.79 Å². The van der Waals surface area contributed by atoms with E-state index in [-0.39, 0.29) is 23.2 Å². The van der Waals surface area contributed by atoms with Gasteiger partial charge in [0.2, 0.25) is 0 Å². The lowest BCUT2D eigenvalue weighted by atomic mass is 9.70. The van der Waals surface area contributed by atoms with Crippen LogP contribution >= 0.6 is 0 Å². The zero-order valence-electron chi connectivity index (χ0n) is 9.66. The van der Waals surface area contributed by atoms with Gasteiger partial charge in [-0.05, 0) is 35.5 Å². The van der Waals surface area contributed by atoms with Crippen molar-refractivity contribution < 1.29 is 15.0 Å². The van der Waals surface area contributed by atoms with Crippen LogP contribution < -0.4 is 0 Å². The van der Waals surface area contributed by atoms with Crippen molar-refractivity contribution >= 4 is 5.97 Å². The molecule has 0 heterocycles. The Morgan fingerprint density at radius 2 is 2.00 bits per heavy atom. The summed E-state index contributed by atoms with van der Waals surface area (Å²) >= 11 is 0. The predicted molar refractivity (Wildman–Crippen MR) is 56.4 cm³/mol. The lowest BCUT2D eigenvalue weighted by Crippen LogP contribution is -2.38. The summed E-state index contributed by atoms with van der Waals surface area (Å²) in [6.45, 7) is 6.46. The largest absolute Gasteiger partial charge is 0.481 e. The van der Waals surface area contributed by atoms with Crippen molar-refractivity contribution in [3.8, 4) is 0 Å². The molecule has 0 amide bonds. The average molecular weight is 212 g/mol. The fourth-order valence-electron chi connectivity index (χ4n) is 3.99. The molecule has 0 spiro atoms. The Morgan fingerprint density at radius 1 is 1.40 bits per heavy atom. The van der Waals surface area contributed by atoms with E-state index < -0.39 is 12.1 Å². The summed E-state index contributed by atoms with van der Waals surface area (Å²) in [6, 6.07) is 0. The molecule has 15 heavy (non-hydrogen) atoms. The lowest BCUT2D eigenvalue weighted by molar-refractivity contribution is -0.140. The number of aliphatic carboxylic acids is 1. The first kappa shape index (κ1) is 10.9. The Bertz CT molecular complexity index is 297. The van der Waals surface area contributed by atoms with Gasteiger partial charge in [0.25, 0.3) is 0 Å². The minimum Gasteiger partial charge on any atom is -0.481 e. The molecule has 2 bridgehead atoms. The second-order valence-corrected chi connectivity index (χ2v) is 5.99. The molecule has 0 saturated heterocycles. The molecule has 4 atom stereocenters. The fraction of sp³-hybridized carbons (Fsp3) is 0.917. The van der Waals surface area contributed by atoms with Crippen molar-refractivity contribution in [2.24, 2.45) is 22.7 Å². The van der Waals surface area contributed by atoms with Crippen LogP contribution in [0.25, 0.3) is 0 Å². The Labute approximate surface area is 90.5 Å². The molecule has 2 saturated carbocycles. The van der Waals surface area contributed by atoms with Crippen molar-refractivity contribution in [2.75, 3.05) is 0 Å². The molecule has 3 heteroatoms. The van der Waals surface area contributed by atoms with Gasteiger partial charge >= 0.3 is 5.97 Å². The number of rotatable bonds is 2. The molecule has 2 N–H and O–H groups in total. The molecule has 2 aliphatic carbocycles. The zero-order chi connectivity index (χ0) is 11.4. The number of hydrogen-bond donors (Lipinski definition) is 2. The minimum atomic E-state index is -0.786. The topological polar surface area (TPSA) is 57.5 Å². The number of aliphatic hydroxyl groups excluding tert-OH is 1. The Morgan fingerprint density at radius 3 is 2.40 bits per heavy atom. The van der Waals surface area contributed by atoms with Gasteiger partial charge in [-0.3, -0.25) is 4.79 Å². The van der Waals surface area contributed by atoms with E-state index in [4.69, 9.17) is 5.11 Å². The van der Waals surface area contributed by atoms with E-state index in [1.807, 2.05) is 0 Å². The number of hydrogen-bond acceptors (Lipinski definition) is 2. The third kappa shape index (κ3) is 1.19. The lowest BCUT2D eigenvalue weighted by Gasteiger charge is -2.37. The Hall–Kier alpha value is -0.570. The molecule has 2 aliphatic rings. The highest BCUT2D eigenvalue weighted by Gasteiger charge is 2.65. The summed E-state index contributed by atoms with van der Waals surface area (Å²) in [6.07, 6.45) is 1.77. The summed E-state index contributed by atoms with van der Waals surface area (Å²) < 4.78 is 0. The summed E-state index contributed by atoms with van der Waals surface area (Å²) in [5.41, 5.74) is -0.00961. The summed E-state index contributed by atoms with van der Waals surface area (Å²) in [5, 5.41) is 19.1. The molecule has 2 fully saturated rings. The molecule has 2 rings (SSSR count). The van der Waals surface area contributed by atoms with E-state index in [0.717, 1.165) is 12.8 Å². The molecule has 0 aliphatic heterocycles. The van der Waals surface area contributed by atoms with Crippen LogP contribution in [0.1, 0.15) is 40.0 Å². The third-order valence-electron chi connectivity index (χ3n) is 5.36. The quantitative estimate of drug-likeness (QED) is 0.735. The van der Waals surface area contributed by atoms with E-state index in [0.29, 0.717) is 5.92 Å². The van der Waals surface area contributed by atoms with Crippen molar-refractivity contribution in [3.05, 3.63) is 0 Å². The third-order valence-corrected chi connectivity index (χ3v) is 5.36. The number of carboxylic acid groups (broad SMARTS) is 1. The van der Waals surface area contributed by atoms with Gasteiger partial charge in [0.05, 0.1) is 12.5 Å². The number of fused-ring (bicyclic) bond motifs is 2. The first-order chi connectivity index (χ1) is 6.80. The maximum Gasteiger partial charge on any atom is 0.303 e. The molecule has 0 aromatic carbocycles. The zero-order valence-corrected chi connectivity index (χ0v) is 9.66. The van der Waals surface area contributed by atoms with Crippen molar-refractivity contribution in [2.45, 2.75) is 46.1 Å². The SMILES string of the molecule is CC1(C)[C@H]2CC[C@]1(C)[C@H](O)[C@@H]2CC(=O)O. The van der Waals surface area contributed by atoms with Crippen LogP contribution in [0, 0.1) is 22.7 Å². The highest BCUT2D eigenvalue weighted by atomic mass is 16.4. The summed E-state index contributed by atoms with van der Waals surface area (Å²) in [7, 11) is 0. The normalized spacial score (nSPS) is 47.1. The van der Waals surface area contributed by atoms with Gasteiger partial charge in [0.15, 0.2) is 0 Å². The van der Waals surface area contributed by atoms with Gasteiger partial charge in [-0.1, -0.05) is 20.8 Å². The molecule has 0 unspecified atom stereocenters.